The van der Waals surface area contributed by atoms with Gasteiger partial charge in [-0.25, -0.2) is 8.78 Å². The van der Waals surface area contributed by atoms with Crippen LogP contribution in [0.25, 0.3) is 0 Å². The predicted molar refractivity (Wildman–Crippen MR) is 22.8 cm³/mol. The Kier molecular flexibility index (Phi) is 9.52. The third-order valence-corrected chi connectivity index (χ3v) is 0.165. The van der Waals surface area contributed by atoms with Gasteiger partial charge < -0.3 is 0 Å². The van der Waals surface area contributed by atoms with Crippen LogP contribution in [0, 0.1) is 0 Å². The molecule has 0 heterocycles. The third-order valence-electron chi connectivity index (χ3n) is 0.165. The van der Waals surface area contributed by atoms with Crippen LogP contribution in [-0.2, 0) is 0 Å². The summed E-state index contributed by atoms with van der Waals surface area (Å²) in [5.74, 6) is 0. The Bertz CT molecular complexity index is 102. The van der Waals surface area contributed by atoms with Gasteiger partial charge in [0.15, 0.2) is 12.7 Å². The van der Waals surface area contributed by atoms with Crippen molar-refractivity contribution in [3.05, 3.63) is 24.8 Å². The molecule has 0 saturated carbocycles. The molecule has 0 fully saturated rings. The van der Waals surface area contributed by atoms with E-state index in [0.717, 1.165) is 0 Å². The summed E-state index contributed by atoms with van der Waals surface area (Å²) >= 11 is 0. The summed E-state index contributed by atoms with van der Waals surface area (Å²) in [6.45, 7) is 0. The van der Waals surface area contributed by atoms with Crippen LogP contribution in [0.3, 0.4) is 0 Å². The topological polar surface area (TPSA) is 0 Å². The Labute approximate surface area is 52.5 Å². The highest BCUT2D eigenvalue weighted by molar-refractivity contribution is 4.66. The molecule has 0 aromatic heterocycles. The van der Waals surface area contributed by atoms with Gasteiger partial charge in [-0.3, -0.25) is 0 Å². The fraction of sp³-hybridized carbons (Fsp3) is 0. The zero-order valence-electron chi connectivity index (χ0n) is 4.42. The highest BCUT2D eigenvalue weighted by atomic mass is 19.3. The van der Waals surface area contributed by atoms with Crippen LogP contribution in [0.15, 0.2) is 24.8 Å². The maximum atomic E-state index is 10.2. The molecule has 0 nitrogen and oxygen atoms in total. The van der Waals surface area contributed by atoms with E-state index in [1.807, 2.05) is 0 Å². The molecule has 60 valence electrons. The highest BCUT2D eigenvalue weighted by Crippen LogP contribution is 1.94. The van der Waals surface area contributed by atoms with Crippen LogP contribution in [-0.4, -0.2) is 0 Å². The molecule has 0 aromatic rings. The second kappa shape index (κ2) is 8.06. The van der Waals surface area contributed by atoms with E-state index in [1.54, 1.807) is 0 Å². The second-order valence-electron chi connectivity index (χ2n) is 0.798. The van der Waals surface area contributed by atoms with Crippen molar-refractivity contribution >= 4 is 0 Å². The first-order chi connectivity index (χ1) is 4.54. The molecular formula is C4H2F6. The molecular weight excluding hydrogens is 162 g/mol. The summed E-state index contributed by atoms with van der Waals surface area (Å²) < 4.78 is 61.4. The maximum Gasteiger partial charge on any atom is 0.298 e. The number of rotatable bonds is 0. The molecule has 0 aliphatic carbocycles. The van der Waals surface area contributed by atoms with E-state index < -0.39 is 24.8 Å². The molecule has 0 aliphatic heterocycles. The normalized spacial score (nSPS) is 7.00. The minimum Gasteiger partial charge on any atom is -0.210 e. The zero-order valence-corrected chi connectivity index (χ0v) is 4.42. The van der Waals surface area contributed by atoms with Gasteiger partial charge in [-0.05, 0) is 0 Å². The standard InChI is InChI=1S/2C2HF3/c2*3-1-2(4)5/h2*1H. The van der Waals surface area contributed by atoms with Gasteiger partial charge in [-0.1, -0.05) is 0 Å². The Balaban J connectivity index is 0. The van der Waals surface area contributed by atoms with E-state index in [4.69, 9.17) is 0 Å². The van der Waals surface area contributed by atoms with Crippen molar-refractivity contribution in [1.82, 2.24) is 0 Å². The van der Waals surface area contributed by atoms with E-state index in [0.29, 0.717) is 0 Å². The van der Waals surface area contributed by atoms with E-state index in [2.05, 4.69) is 0 Å². The van der Waals surface area contributed by atoms with Crippen LogP contribution in [0.2, 0.25) is 0 Å². The van der Waals surface area contributed by atoms with Gasteiger partial charge in [0.2, 0.25) is 0 Å². The van der Waals surface area contributed by atoms with Crippen molar-refractivity contribution < 1.29 is 26.3 Å². The summed E-state index contributed by atoms with van der Waals surface area (Å²) in [7, 11) is 0. The minimum absolute atomic E-state index is 0.750. The van der Waals surface area contributed by atoms with Crippen molar-refractivity contribution in [3.63, 3.8) is 0 Å². The SMILES string of the molecule is FC=C(F)F.FC=C(F)F. The molecule has 0 aromatic carbocycles. The fourth-order valence-electron chi connectivity index (χ4n) is 0. The number of halogens is 6. The van der Waals surface area contributed by atoms with Gasteiger partial charge in [-0.15, -0.1) is 0 Å². The van der Waals surface area contributed by atoms with Gasteiger partial charge >= 0.3 is 0 Å². The van der Waals surface area contributed by atoms with E-state index >= 15 is 0 Å². The predicted octanol–water partition coefficient (Wildman–Crippen LogP) is 3.39. The van der Waals surface area contributed by atoms with Crippen molar-refractivity contribution in [2.24, 2.45) is 0 Å². The minimum atomic E-state index is -2.29. The van der Waals surface area contributed by atoms with Crippen LogP contribution in [0.5, 0.6) is 0 Å². The van der Waals surface area contributed by atoms with Gasteiger partial charge in [0.05, 0.1) is 0 Å². The number of hydrogen-bond acceptors (Lipinski definition) is 0. The first-order valence-corrected chi connectivity index (χ1v) is 1.77. The first kappa shape index (κ1) is 11.8. The monoisotopic (exact) mass is 164 g/mol. The van der Waals surface area contributed by atoms with E-state index in [1.165, 1.54) is 0 Å². The van der Waals surface area contributed by atoms with Gasteiger partial charge in [0, 0.05) is 0 Å². The molecule has 0 N–H and O–H groups in total. The van der Waals surface area contributed by atoms with Crippen LogP contribution in [0.1, 0.15) is 0 Å². The van der Waals surface area contributed by atoms with Crippen molar-refractivity contribution in [3.8, 4) is 0 Å². The lowest BCUT2D eigenvalue weighted by Gasteiger charge is -1.59. The Morgan fingerprint density at radius 3 is 0.800 bits per heavy atom. The summed E-state index contributed by atoms with van der Waals surface area (Å²) in [6, 6.07) is 0. The van der Waals surface area contributed by atoms with Gasteiger partial charge in [-0.2, -0.15) is 17.6 Å². The molecule has 10 heavy (non-hydrogen) atoms. The lowest BCUT2D eigenvalue weighted by Crippen LogP contribution is -1.42. The van der Waals surface area contributed by atoms with E-state index in [9.17, 15) is 26.3 Å². The Morgan fingerprint density at radius 2 is 0.800 bits per heavy atom. The molecule has 0 saturated heterocycles. The summed E-state index contributed by atoms with van der Waals surface area (Å²) in [5, 5.41) is 0. The van der Waals surface area contributed by atoms with Gasteiger partial charge in [0.1, 0.15) is 0 Å². The zero-order chi connectivity index (χ0) is 8.57. The van der Waals surface area contributed by atoms with Crippen LogP contribution in [0.4, 0.5) is 26.3 Å². The first-order valence-electron chi connectivity index (χ1n) is 1.77. The molecule has 0 rings (SSSR count). The molecule has 6 heteroatoms. The Hall–Kier alpha value is -0.940. The lowest BCUT2D eigenvalue weighted by atomic mass is 11.1. The second-order valence-corrected chi connectivity index (χ2v) is 0.798. The van der Waals surface area contributed by atoms with Crippen molar-refractivity contribution in [2.75, 3.05) is 0 Å². The summed E-state index contributed by atoms with van der Waals surface area (Å²) in [4.78, 5) is 0. The van der Waals surface area contributed by atoms with E-state index in [-0.39, 0.29) is 0 Å². The summed E-state index contributed by atoms with van der Waals surface area (Å²) in [5.41, 5.74) is 0. The van der Waals surface area contributed by atoms with Crippen molar-refractivity contribution in [2.45, 2.75) is 0 Å². The number of hydrogen-bond donors (Lipinski definition) is 0. The fourth-order valence-corrected chi connectivity index (χ4v) is 0. The molecule has 0 bridgehead atoms. The lowest BCUT2D eigenvalue weighted by molar-refractivity contribution is 0.399. The van der Waals surface area contributed by atoms with Crippen molar-refractivity contribution in [1.29, 1.82) is 0 Å². The molecule has 0 aliphatic rings. The smallest absolute Gasteiger partial charge is 0.210 e. The average molecular weight is 164 g/mol. The van der Waals surface area contributed by atoms with Crippen LogP contribution >= 0.6 is 0 Å². The molecule has 0 spiro atoms. The third kappa shape index (κ3) is 27.7. The Morgan fingerprint density at radius 1 is 0.700 bits per heavy atom. The van der Waals surface area contributed by atoms with Crippen LogP contribution < -0.4 is 0 Å². The quantitative estimate of drug-likeness (QED) is 0.481. The molecule has 0 unspecified atom stereocenters. The maximum absolute atomic E-state index is 10.2. The molecule has 0 atom stereocenters. The highest BCUT2D eigenvalue weighted by Gasteiger charge is 1.78. The largest absolute Gasteiger partial charge is 0.298 e. The average Bonchev–Trinajstić information content (AvgIpc) is 1.89. The molecule has 0 radical (unpaired) electrons. The summed E-state index contributed by atoms with van der Waals surface area (Å²) in [6.07, 6.45) is -6.07. The van der Waals surface area contributed by atoms with Gasteiger partial charge in [0.25, 0.3) is 12.2 Å². The molecule has 0 amide bonds.